The quantitative estimate of drug-likeness (QED) is 0.792. The van der Waals surface area contributed by atoms with Crippen molar-refractivity contribution in [3.8, 4) is 12.1 Å². The number of hydrogen-bond acceptors (Lipinski definition) is 5. The summed E-state index contributed by atoms with van der Waals surface area (Å²) in [5, 5.41) is 27.1. The van der Waals surface area contributed by atoms with Crippen molar-refractivity contribution >= 4 is 23.5 Å². The molecular formula is C13H11N5O. The van der Waals surface area contributed by atoms with Crippen LogP contribution in [-0.4, -0.2) is 23.9 Å². The molecule has 1 unspecified atom stereocenters. The number of benzene rings is 1. The van der Waals surface area contributed by atoms with E-state index in [2.05, 4.69) is 10.3 Å². The maximum Gasteiger partial charge on any atom is 0.221 e. The average molecular weight is 253 g/mol. The van der Waals surface area contributed by atoms with Crippen LogP contribution in [0.2, 0.25) is 0 Å². The maximum absolute atomic E-state index is 10.8. The molecule has 1 aromatic carbocycles. The fraction of sp³-hybridized carbons (Fsp3) is 0.154. The maximum atomic E-state index is 10.8. The van der Waals surface area contributed by atoms with Crippen molar-refractivity contribution < 1.29 is 4.79 Å². The zero-order chi connectivity index (χ0) is 14.3. The molecular weight excluding hydrogens is 242 g/mol. The number of anilines is 1. The lowest BCUT2D eigenvalue weighted by molar-refractivity contribution is -0.114. The SMILES string of the molecule is CC(=O)Nc1ccc(C=NC(C#N)C(=N)C#N)cc1. The van der Waals surface area contributed by atoms with Crippen molar-refractivity contribution in [2.75, 3.05) is 5.32 Å². The lowest BCUT2D eigenvalue weighted by Crippen LogP contribution is -2.13. The van der Waals surface area contributed by atoms with Crippen molar-refractivity contribution in [1.29, 1.82) is 15.9 Å². The minimum Gasteiger partial charge on any atom is -0.326 e. The summed E-state index contributed by atoms with van der Waals surface area (Å²) >= 11 is 0. The number of rotatable bonds is 4. The second-order valence-electron chi connectivity index (χ2n) is 3.64. The van der Waals surface area contributed by atoms with Crippen molar-refractivity contribution in [3.63, 3.8) is 0 Å². The summed E-state index contributed by atoms with van der Waals surface area (Å²) in [6, 6.07) is 9.06. The minimum atomic E-state index is -1.08. The van der Waals surface area contributed by atoms with E-state index in [1.54, 1.807) is 36.4 Å². The number of nitriles is 2. The van der Waals surface area contributed by atoms with Gasteiger partial charge in [0.1, 0.15) is 11.8 Å². The van der Waals surface area contributed by atoms with Gasteiger partial charge in [-0.1, -0.05) is 12.1 Å². The predicted molar refractivity (Wildman–Crippen MR) is 71.1 cm³/mol. The summed E-state index contributed by atoms with van der Waals surface area (Å²) in [7, 11) is 0. The molecule has 1 aromatic rings. The summed E-state index contributed by atoms with van der Waals surface area (Å²) < 4.78 is 0. The molecule has 1 rings (SSSR count). The number of carbonyl (C=O) groups excluding carboxylic acids is 1. The predicted octanol–water partition coefficient (Wildman–Crippen LogP) is 1.50. The lowest BCUT2D eigenvalue weighted by atomic mass is 10.2. The van der Waals surface area contributed by atoms with E-state index in [1.165, 1.54) is 13.1 Å². The molecule has 0 bridgehead atoms. The van der Waals surface area contributed by atoms with Crippen LogP contribution < -0.4 is 5.32 Å². The van der Waals surface area contributed by atoms with E-state index in [0.717, 1.165) is 0 Å². The zero-order valence-corrected chi connectivity index (χ0v) is 10.2. The van der Waals surface area contributed by atoms with Gasteiger partial charge in [-0.15, -0.1) is 0 Å². The van der Waals surface area contributed by atoms with Crippen LogP contribution in [0.15, 0.2) is 29.3 Å². The number of aliphatic imine (C=N–C) groups is 1. The van der Waals surface area contributed by atoms with Crippen molar-refractivity contribution in [1.82, 2.24) is 0 Å². The van der Waals surface area contributed by atoms with E-state index in [-0.39, 0.29) is 5.91 Å². The van der Waals surface area contributed by atoms with E-state index in [4.69, 9.17) is 15.9 Å². The van der Waals surface area contributed by atoms with Crippen LogP contribution in [0.25, 0.3) is 0 Å². The van der Waals surface area contributed by atoms with E-state index in [1.807, 2.05) is 0 Å². The van der Waals surface area contributed by atoms with Crippen molar-refractivity contribution in [2.24, 2.45) is 4.99 Å². The van der Waals surface area contributed by atoms with Gasteiger partial charge in [-0.3, -0.25) is 15.2 Å². The highest BCUT2D eigenvalue weighted by atomic mass is 16.1. The fourth-order valence-electron chi connectivity index (χ4n) is 1.25. The molecule has 0 saturated heterocycles. The second kappa shape index (κ2) is 6.67. The van der Waals surface area contributed by atoms with Crippen LogP contribution in [0.5, 0.6) is 0 Å². The normalized spacial score (nSPS) is 11.3. The molecule has 1 amide bonds. The lowest BCUT2D eigenvalue weighted by Gasteiger charge is -2.02. The van der Waals surface area contributed by atoms with Crippen LogP contribution in [-0.2, 0) is 4.79 Å². The van der Waals surface area contributed by atoms with Crippen LogP contribution in [0.4, 0.5) is 5.69 Å². The molecule has 0 spiro atoms. The molecule has 0 aromatic heterocycles. The highest BCUT2D eigenvalue weighted by Crippen LogP contribution is 2.08. The Balaban J connectivity index is 2.78. The Morgan fingerprint density at radius 1 is 1.42 bits per heavy atom. The van der Waals surface area contributed by atoms with Gasteiger partial charge in [-0.25, -0.2) is 0 Å². The Bertz CT molecular complexity index is 589. The van der Waals surface area contributed by atoms with Gasteiger partial charge in [-0.05, 0) is 17.7 Å². The number of hydrogen-bond donors (Lipinski definition) is 2. The summed E-state index contributed by atoms with van der Waals surface area (Å²) in [4.78, 5) is 14.7. The van der Waals surface area contributed by atoms with E-state index in [9.17, 15) is 4.79 Å². The van der Waals surface area contributed by atoms with Gasteiger partial charge >= 0.3 is 0 Å². The molecule has 0 aliphatic rings. The Morgan fingerprint density at radius 2 is 2.05 bits per heavy atom. The summed E-state index contributed by atoms with van der Waals surface area (Å²) in [5.41, 5.74) is 0.972. The Morgan fingerprint density at radius 3 is 2.53 bits per heavy atom. The molecule has 94 valence electrons. The van der Waals surface area contributed by atoms with Gasteiger partial charge in [0, 0.05) is 18.8 Å². The first-order chi connectivity index (χ1) is 9.06. The third-order valence-corrected chi connectivity index (χ3v) is 2.12. The number of nitrogens with zero attached hydrogens (tertiary/aromatic N) is 3. The molecule has 0 aliphatic heterocycles. The van der Waals surface area contributed by atoms with Gasteiger partial charge in [0.25, 0.3) is 0 Å². The molecule has 0 fully saturated rings. The molecule has 2 N–H and O–H groups in total. The average Bonchev–Trinajstić information content (AvgIpc) is 2.40. The fourth-order valence-corrected chi connectivity index (χ4v) is 1.25. The van der Waals surface area contributed by atoms with Gasteiger partial charge in [0.05, 0.1) is 6.07 Å². The standard InChI is InChI=1S/C13H11N5O/c1-9(19)18-11-4-2-10(3-5-11)8-17-13(7-15)12(16)6-14/h2-5,8,13,16H,1H3,(H,18,19). The summed E-state index contributed by atoms with van der Waals surface area (Å²) in [6.45, 7) is 1.42. The minimum absolute atomic E-state index is 0.159. The number of amides is 1. The van der Waals surface area contributed by atoms with Crippen LogP contribution in [0.1, 0.15) is 12.5 Å². The molecule has 0 heterocycles. The summed E-state index contributed by atoms with van der Waals surface area (Å²) in [5.74, 6) is -0.159. The number of carbonyl (C=O) groups is 1. The Labute approximate surface area is 110 Å². The van der Waals surface area contributed by atoms with E-state index in [0.29, 0.717) is 11.3 Å². The first kappa shape index (κ1) is 14.1. The van der Waals surface area contributed by atoms with Gasteiger partial charge in [0.15, 0.2) is 6.04 Å². The van der Waals surface area contributed by atoms with Crippen LogP contribution in [0.3, 0.4) is 0 Å². The second-order valence-corrected chi connectivity index (χ2v) is 3.64. The molecule has 6 heteroatoms. The Hall–Kier alpha value is -2.99. The molecule has 0 aliphatic carbocycles. The molecule has 0 saturated carbocycles. The zero-order valence-electron chi connectivity index (χ0n) is 10.2. The van der Waals surface area contributed by atoms with Gasteiger partial charge in [-0.2, -0.15) is 10.5 Å². The number of nitrogens with one attached hydrogen (secondary N) is 2. The molecule has 6 nitrogen and oxygen atoms in total. The molecule has 1 atom stereocenters. The summed E-state index contributed by atoms with van der Waals surface area (Å²) in [6.07, 6.45) is 1.41. The van der Waals surface area contributed by atoms with Crippen molar-refractivity contribution in [3.05, 3.63) is 29.8 Å². The molecule has 19 heavy (non-hydrogen) atoms. The van der Waals surface area contributed by atoms with Crippen LogP contribution in [0, 0.1) is 28.1 Å². The first-order valence-electron chi connectivity index (χ1n) is 5.36. The molecule has 0 radical (unpaired) electrons. The smallest absolute Gasteiger partial charge is 0.221 e. The van der Waals surface area contributed by atoms with Gasteiger partial charge in [0.2, 0.25) is 5.91 Å². The largest absolute Gasteiger partial charge is 0.326 e. The van der Waals surface area contributed by atoms with Crippen molar-refractivity contribution in [2.45, 2.75) is 13.0 Å². The Kier molecular flexibility index (Phi) is 4.94. The van der Waals surface area contributed by atoms with E-state index >= 15 is 0 Å². The third kappa shape index (κ3) is 4.41. The monoisotopic (exact) mass is 253 g/mol. The van der Waals surface area contributed by atoms with E-state index < -0.39 is 11.8 Å². The third-order valence-electron chi connectivity index (χ3n) is 2.12. The highest BCUT2D eigenvalue weighted by molar-refractivity contribution is 6.03. The topological polar surface area (TPSA) is 113 Å². The van der Waals surface area contributed by atoms with Gasteiger partial charge < -0.3 is 5.32 Å². The van der Waals surface area contributed by atoms with Crippen LogP contribution >= 0.6 is 0 Å². The highest BCUT2D eigenvalue weighted by Gasteiger charge is 2.09. The first-order valence-corrected chi connectivity index (χ1v) is 5.36.